The minimum atomic E-state index is 0.529. The Balaban J connectivity index is 2.42. The van der Waals surface area contributed by atoms with Crippen molar-refractivity contribution in [2.75, 3.05) is 30.8 Å². The zero-order valence-electron chi connectivity index (χ0n) is 8.09. The average Bonchev–Trinajstić information content (AvgIpc) is 2.15. The number of nitrogens with two attached hydrogens (primary N) is 1. The molecule has 0 radical (unpaired) electrons. The van der Waals surface area contributed by atoms with Gasteiger partial charge in [0, 0.05) is 13.2 Å². The first-order valence-corrected chi connectivity index (χ1v) is 4.84. The fraction of sp³-hybridized carbons (Fsp3) is 0.444. The number of rotatable bonds is 5. The van der Waals surface area contributed by atoms with Crippen molar-refractivity contribution in [3.8, 4) is 0 Å². The van der Waals surface area contributed by atoms with E-state index in [1.165, 1.54) is 0 Å². The topological polar surface area (TPSA) is 60.2 Å². The molecule has 78 valence electrons. The molecule has 0 saturated heterocycles. The maximum Gasteiger partial charge on any atom is 0.144 e. The lowest BCUT2D eigenvalue weighted by Gasteiger charge is -2.07. The molecule has 0 aliphatic carbocycles. The van der Waals surface area contributed by atoms with Crippen LogP contribution in [0.4, 0.5) is 11.5 Å². The Morgan fingerprint density at radius 3 is 3.07 bits per heavy atom. The molecule has 1 aromatic rings. The third kappa shape index (κ3) is 3.40. The zero-order valence-corrected chi connectivity index (χ0v) is 8.84. The Morgan fingerprint density at radius 1 is 1.64 bits per heavy atom. The number of nitrogen functional groups attached to an aromatic ring is 1. The molecular formula is C9H14ClN3O. The van der Waals surface area contributed by atoms with Crippen molar-refractivity contribution in [1.29, 1.82) is 0 Å². The molecule has 0 aromatic carbocycles. The van der Waals surface area contributed by atoms with Gasteiger partial charge in [-0.2, -0.15) is 0 Å². The van der Waals surface area contributed by atoms with E-state index in [9.17, 15) is 0 Å². The number of aromatic nitrogens is 1. The van der Waals surface area contributed by atoms with Gasteiger partial charge in [-0.3, -0.25) is 0 Å². The molecule has 0 saturated carbocycles. The average molecular weight is 216 g/mol. The molecule has 0 bridgehead atoms. The molecule has 14 heavy (non-hydrogen) atoms. The van der Waals surface area contributed by atoms with Crippen molar-refractivity contribution in [1.82, 2.24) is 4.98 Å². The molecule has 0 spiro atoms. The number of anilines is 2. The molecule has 0 aliphatic heterocycles. The highest BCUT2D eigenvalue weighted by Crippen LogP contribution is 2.20. The second kappa shape index (κ2) is 5.67. The summed E-state index contributed by atoms with van der Waals surface area (Å²) in [4.78, 5) is 4.05. The highest BCUT2D eigenvalue weighted by molar-refractivity contribution is 6.33. The van der Waals surface area contributed by atoms with Crippen LogP contribution in [0.15, 0.2) is 12.3 Å². The lowest BCUT2D eigenvalue weighted by Crippen LogP contribution is -2.10. The number of pyridine rings is 1. The van der Waals surface area contributed by atoms with Crippen molar-refractivity contribution in [3.63, 3.8) is 0 Å². The summed E-state index contributed by atoms with van der Waals surface area (Å²) in [6.07, 6.45) is 1.56. The second-order valence-electron chi connectivity index (χ2n) is 2.72. The van der Waals surface area contributed by atoms with Crippen LogP contribution >= 0.6 is 11.6 Å². The molecule has 0 fully saturated rings. The van der Waals surface area contributed by atoms with E-state index in [4.69, 9.17) is 22.1 Å². The molecule has 3 N–H and O–H groups in total. The first-order chi connectivity index (χ1) is 6.74. The smallest absolute Gasteiger partial charge is 0.144 e. The lowest BCUT2D eigenvalue weighted by atomic mass is 10.4. The number of halogens is 1. The summed E-state index contributed by atoms with van der Waals surface area (Å²) in [5, 5.41) is 3.58. The van der Waals surface area contributed by atoms with Gasteiger partial charge in [0.1, 0.15) is 5.82 Å². The van der Waals surface area contributed by atoms with Crippen molar-refractivity contribution >= 4 is 23.1 Å². The van der Waals surface area contributed by atoms with Gasteiger partial charge in [0.05, 0.1) is 23.5 Å². The molecule has 1 heterocycles. The van der Waals surface area contributed by atoms with Gasteiger partial charge in [-0.1, -0.05) is 11.6 Å². The molecule has 0 amide bonds. The summed E-state index contributed by atoms with van der Waals surface area (Å²) in [6, 6.07) is 1.66. The van der Waals surface area contributed by atoms with Crippen LogP contribution in [0.25, 0.3) is 0 Å². The Bertz CT molecular complexity index is 293. The predicted octanol–water partition coefficient (Wildman–Crippen LogP) is 1.77. The third-order valence-corrected chi connectivity index (χ3v) is 1.89. The van der Waals surface area contributed by atoms with Crippen molar-refractivity contribution in [3.05, 3.63) is 17.3 Å². The number of nitrogens with zero attached hydrogens (tertiary/aromatic N) is 1. The summed E-state index contributed by atoms with van der Waals surface area (Å²) >= 11 is 5.90. The second-order valence-corrected chi connectivity index (χ2v) is 3.13. The summed E-state index contributed by atoms with van der Waals surface area (Å²) in [5.41, 5.74) is 6.06. The van der Waals surface area contributed by atoms with Crippen LogP contribution in [0.3, 0.4) is 0 Å². The van der Waals surface area contributed by atoms with E-state index in [2.05, 4.69) is 10.3 Å². The van der Waals surface area contributed by atoms with E-state index in [1.54, 1.807) is 12.3 Å². The Morgan fingerprint density at radius 2 is 2.43 bits per heavy atom. The van der Waals surface area contributed by atoms with Gasteiger partial charge >= 0.3 is 0 Å². The highest BCUT2D eigenvalue weighted by atomic mass is 35.5. The molecule has 0 aliphatic rings. The standard InChI is InChI=1S/C9H14ClN3O/c1-2-14-4-3-12-9-8(10)5-7(11)6-13-9/h5-6H,2-4,11H2,1H3,(H,12,13). The monoisotopic (exact) mass is 215 g/mol. The number of nitrogens with one attached hydrogen (secondary N) is 1. The van der Waals surface area contributed by atoms with E-state index in [0.717, 1.165) is 0 Å². The minimum absolute atomic E-state index is 0.529. The maximum absolute atomic E-state index is 5.90. The van der Waals surface area contributed by atoms with Gasteiger partial charge in [-0.05, 0) is 13.0 Å². The van der Waals surface area contributed by atoms with E-state index in [0.29, 0.717) is 36.3 Å². The number of ether oxygens (including phenoxy) is 1. The van der Waals surface area contributed by atoms with Gasteiger partial charge < -0.3 is 15.8 Å². The summed E-state index contributed by atoms with van der Waals surface area (Å²) in [5.74, 6) is 0.639. The van der Waals surface area contributed by atoms with E-state index < -0.39 is 0 Å². The first-order valence-electron chi connectivity index (χ1n) is 4.46. The van der Waals surface area contributed by atoms with E-state index in [-0.39, 0.29) is 0 Å². The molecule has 0 unspecified atom stereocenters. The van der Waals surface area contributed by atoms with Crippen LogP contribution < -0.4 is 11.1 Å². The lowest BCUT2D eigenvalue weighted by molar-refractivity contribution is 0.158. The van der Waals surface area contributed by atoms with Crippen LogP contribution in [-0.2, 0) is 4.74 Å². The largest absolute Gasteiger partial charge is 0.397 e. The predicted molar refractivity (Wildman–Crippen MR) is 58.6 cm³/mol. The molecule has 1 rings (SSSR count). The Hall–Kier alpha value is -1.00. The first kappa shape index (κ1) is 11.1. The molecule has 1 aromatic heterocycles. The summed E-state index contributed by atoms with van der Waals surface area (Å²) in [7, 11) is 0. The normalized spacial score (nSPS) is 10.1. The van der Waals surface area contributed by atoms with Crippen molar-refractivity contribution < 1.29 is 4.74 Å². The van der Waals surface area contributed by atoms with Crippen LogP contribution in [0, 0.1) is 0 Å². The third-order valence-electron chi connectivity index (χ3n) is 1.61. The van der Waals surface area contributed by atoms with Crippen LogP contribution in [0.5, 0.6) is 0 Å². The SMILES string of the molecule is CCOCCNc1ncc(N)cc1Cl. The van der Waals surface area contributed by atoms with Crippen LogP contribution in [0.2, 0.25) is 5.02 Å². The van der Waals surface area contributed by atoms with Crippen molar-refractivity contribution in [2.45, 2.75) is 6.92 Å². The Kier molecular flexibility index (Phi) is 4.49. The van der Waals surface area contributed by atoms with Gasteiger partial charge in [-0.25, -0.2) is 4.98 Å². The highest BCUT2D eigenvalue weighted by Gasteiger charge is 2.00. The molecule has 5 heteroatoms. The van der Waals surface area contributed by atoms with Gasteiger partial charge in [0.2, 0.25) is 0 Å². The molecular weight excluding hydrogens is 202 g/mol. The summed E-state index contributed by atoms with van der Waals surface area (Å²) in [6.45, 7) is 3.99. The van der Waals surface area contributed by atoms with Crippen molar-refractivity contribution in [2.24, 2.45) is 0 Å². The van der Waals surface area contributed by atoms with E-state index >= 15 is 0 Å². The fourth-order valence-corrected chi connectivity index (χ4v) is 1.21. The number of hydrogen-bond acceptors (Lipinski definition) is 4. The summed E-state index contributed by atoms with van der Waals surface area (Å²) < 4.78 is 5.16. The van der Waals surface area contributed by atoms with E-state index in [1.807, 2.05) is 6.92 Å². The molecule has 0 atom stereocenters. The number of hydrogen-bond donors (Lipinski definition) is 2. The quantitative estimate of drug-likeness (QED) is 0.735. The fourth-order valence-electron chi connectivity index (χ4n) is 0.969. The van der Waals surface area contributed by atoms with Gasteiger partial charge in [0.25, 0.3) is 0 Å². The van der Waals surface area contributed by atoms with Gasteiger partial charge in [0.15, 0.2) is 0 Å². The zero-order chi connectivity index (χ0) is 10.4. The van der Waals surface area contributed by atoms with Crippen LogP contribution in [0.1, 0.15) is 6.92 Å². The Labute approximate surface area is 88.4 Å². The molecule has 4 nitrogen and oxygen atoms in total. The van der Waals surface area contributed by atoms with Crippen LogP contribution in [-0.4, -0.2) is 24.7 Å². The maximum atomic E-state index is 5.90. The minimum Gasteiger partial charge on any atom is -0.397 e. The van der Waals surface area contributed by atoms with Gasteiger partial charge in [-0.15, -0.1) is 0 Å².